The lowest BCUT2D eigenvalue weighted by Crippen LogP contribution is -2.39. The molecule has 1 heterocycles. The van der Waals surface area contributed by atoms with E-state index < -0.39 is 0 Å². The number of nitrogens with one attached hydrogen (secondary N) is 1. The highest BCUT2D eigenvalue weighted by Crippen LogP contribution is 2.55. The molecule has 3 heteroatoms. The minimum atomic E-state index is 0.0699. The van der Waals surface area contributed by atoms with Crippen LogP contribution in [-0.4, -0.2) is 12.5 Å². The maximum Gasteiger partial charge on any atom is 0.261 e. The van der Waals surface area contributed by atoms with E-state index in [0.29, 0.717) is 17.8 Å². The number of rotatable bonds is 3. The van der Waals surface area contributed by atoms with Gasteiger partial charge < -0.3 is 5.32 Å². The van der Waals surface area contributed by atoms with Gasteiger partial charge in [0.15, 0.2) is 0 Å². The van der Waals surface area contributed by atoms with Crippen molar-refractivity contribution in [1.82, 2.24) is 5.32 Å². The summed E-state index contributed by atoms with van der Waals surface area (Å²) in [6, 6.07) is 19.7. The largest absolute Gasteiger partial charge is 0.351 e. The van der Waals surface area contributed by atoms with Crippen LogP contribution < -0.4 is 5.32 Å². The van der Waals surface area contributed by atoms with Gasteiger partial charge in [-0.3, -0.25) is 4.79 Å². The Balaban J connectivity index is 1.45. The summed E-state index contributed by atoms with van der Waals surface area (Å²) in [5.74, 6) is 1.37. The molecule has 2 bridgehead atoms. The molecule has 0 fully saturated rings. The highest BCUT2D eigenvalue weighted by Gasteiger charge is 2.42. The van der Waals surface area contributed by atoms with Crippen LogP contribution in [0, 0.1) is 12.8 Å². The van der Waals surface area contributed by atoms with Crippen molar-refractivity contribution in [2.45, 2.75) is 25.2 Å². The molecule has 3 aliphatic rings. The molecule has 1 aromatic heterocycles. The Morgan fingerprint density at radius 3 is 2.19 bits per heavy atom. The normalized spacial score (nSPS) is 22.6. The second-order valence-electron chi connectivity index (χ2n) is 7.43. The van der Waals surface area contributed by atoms with Gasteiger partial charge in [0.05, 0.1) is 4.88 Å². The summed E-state index contributed by atoms with van der Waals surface area (Å²) in [4.78, 5) is 13.4. The van der Waals surface area contributed by atoms with Crippen LogP contribution in [0.25, 0.3) is 0 Å². The number of carbonyl (C=O) groups excluding carboxylic acids is 1. The number of aryl methyl sites for hydroxylation is 1. The van der Waals surface area contributed by atoms with Crippen molar-refractivity contribution in [2.24, 2.45) is 5.92 Å². The molecule has 1 unspecified atom stereocenters. The second kappa shape index (κ2) is 6.10. The van der Waals surface area contributed by atoms with E-state index in [-0.39, 0.29) is 5.91 Å². The van der Waals surface area contributed by atoms with Crippen molar-refractivity contribution in [1.29, 1.82) is 0 Å². The fourth-order valence-corrected chi connectivity index (χ4v) is 5.71. The quantitative estimate of drug-likeness (QED) is 0.694. The lowest BCUT2D eigenvalue weighted by atomic mass is 9.59. The van der Waals surface area contributed by atoms with Gasteiger partial charge in [0.2, 0.25) is 0 Å². The van der Waals surface area contributed by atoms with Crippen LogP contribution in [0.3, 0.4) is 0 Å². The molecule has 0 spiro atoms. The van der Waals surface area contributed by atoms with Crippen molar-refractivity contribution < 1.29 is 4.79 Å². The molecule has 2 nitrogen and oxygen atoms in total. The number of hydrogen-bond acceptors (Lipinski definition) is 2. The molecule has 3 aliphatic carbocycles. The number of carbonyl (C=O) groups is 1. The highest BCUT2D eigenvalue weighted by atomic mass is 32.1. The standard InChI is InChI=1S/C23H21NOS/c1-14-10-11-26-22(14)23(25)24-13-15-12-20-16-6-2-4-8-18(16)21(15)19-9-5-3-7-17(19)20/h2-11,15,20-21H,12-13H2,1H3,(H,24,25). The average molecular weight is 359 g/mol. The Morgan fingerprint density at radius 2 is 1.62 bits per heavy atom. The van der Waals surface area contributed by atoms with Crippen LogP contribution in [0.4, 0.5) is 0 Å². The van der Waals surface area contributed by atoms with E-state index in [2.05, 4.69) is 53.8 Å². The monoisotopic (exact) mass is 359 g/mol. The molecule has 0 saturated heterocycles. The average Bonchev–Trinajstić information content (AvgIpc) is 3.12. The first-order chi connectivity index (χ1) is 12.7. The Hall–Kier alpha value is -2.39. The number of amides is 1. The topological polar surface area (TPSA) is 29.1 Å². The number of hydrogen-bond donors (Lipinski definition) is 1. The predicted molar refractivity (Wildman–Crippen MR) is 106 cm³/mol. The third kappa shape index (κ3) is 2.34. The lowest BCUT2D eigenvalue weighted by molar-refractivity contribution is 0.0946. The maximum absolute atomic E-state index is 12.6. The Kier molecular flexibility index (Phi) is 3.71. The zero-order chi connectivity index (χ0) is 17.7. The molecule has 130 valence electrons. The lowest BCUT2D eigenvalue weighted by Gasteiger charge is -2.45. The van der Waals surface area contributed by atoms with E-state index in [1.807, 2.05) is 18.4 Å². The van der Waals surface area contributed by atoms with Crippen LogP contribution in [-0.2, 0) is 0 Å². The van der Waals surface area contributed by atoms with Gasteiger partial charge in [0.1, 0.15) is 0 Å². The summed E-state index contributed by atoms with van der Waals surface area (Å²) in [5, 5.41) is 5.20. The first-order valence-electron chi connectivity index (χ1n) is 9.24. The molecule has 26 heavy (non-hydrogen) atoms. The Labute approximate surface area is 157 Å². The maximum atomic E-state index is 12.6. The van der Waals surface area contributed by atoms with E-state index >= 15 is 0 Å². The zero-order valence-corrected chi connectivity index (χ0v) is 15.6. The van der Waals surface area contributed by atoms with Crippen LogP contribution in [0.1, 0.15) is 55.7 Å². The molecule has 3 aromatic rings. The fraction of sp³-hybridized carbons (Fsp3) is 0.261. The Morgan fingerprint density at radius 1 is 1.00 bits per heavy atom. The van der Waals surface area contributed by atoms with Crippen LogP contribution in [0.15, 0.2) is 60.0 Å². The van der Waals surface area contributed by atoms with Crippen molar-refractivity contribution >= 4 is 17.2 Å². The molecular weight excluding hydrogens is 338 g/mol. The first-order valence-corrected chi connectivity index (χ1v) is 10.1. The summed E-state index contributed by atoms with van der Waals surface area (Å²) < 4.78 is 0. The predicted octanol–water partition coefficient (Wildman–Crippen LogP) is 5.08. The van der Waals surface area contributed by atoms with Crippen molar-refractivity contribution in [3.8, 4) is 0 Å². The molecule has 0 saturated carbocycles. The smallest absolute Gasteiger partial charge is 0.261 e. The van der Waals surface area contributed by atoms with Crippen LogP contribution >= 0.6 is 11.3 Å². The van der Waals surface area contributed by atoms with E-state index in [4.69, 9.17) is 0 Å². The molecular formula is C23H21NOS. The molecule has 1 N–H and O–H groups in total. The first kappa shape index (κ1) is 15.8. The summed E-state index contributed by atoms with van der Waals surface area (Å²) in [6.45, 7) is 2.74. The summed E-state index contributed by atoms with van der Waals surface area (Å²) in [5.41, 5.74) is 6.93. The third-order valence-electron chi connectivity index (χ3n) is 6.02. The van der Waals surface area contributed by atoms with Gasteiger partial charge in [-0.25, -0.2) is 0 Å². The van der Waals surface area contributed by atoms with Gasteiger partial charge >= 0.3 is 0 Å². The minimum Gasteiger partial charge on any atom is -0.351 e. The minimum absolute atomic E-state index is 0.0699. The zero-order valence-electron chi connectivity index (χ0n) is 14.7. The summed E-state index contributed by atoms with van der Waals surface area (Å²) in [6.07, 6.45) is 1.11. The van der Waals surface area contributed by atoms with Gasteiger partial charge in [-0.2, -0.15) is 0 Å². The molecule has 1 atom stereocenters. The van der Waals surface area contributed by atoms with E-state index in [9.17, 15) is 4.79 Å². The molecule has 2 aromatic carbocycles. The van der Waals surface area contributed by atoms with Gasteiger partial charge in [0, 0.05) is 18.4 Å². The number of benzene rings is 2. The van der Waals surface area contributed by atoms with Gasteiger partial charge in [-0.1, -0.05) is 48.5 Å². The Bertz CT molecular complexity index is 942. The van der Waals surface area contributed by atoms with Crippen LogP contribution in [0.5, 0.6) is 0 Å². The van der Waals surface area contributed by atoms with Crippen LogP contribution in [0.2, 0.25) is 0 Å². The van der Waals surface area contributed by atoms with Gasteiger partial charge in [0.25, 0.3) is 5.91 Å². The SMILES string of the molecule is Cc1ccsc1C(=O)NCC1CC2c3ccccc3C1c1ccccc12. The van der Waals surface area contributed by atoms with Gasteiger partial charge in [-0.15, -0.1) is 11.3 Å². The molecule has 6 rings (SSSR count). The fourth-order valence-electron chi connectivity index (χ4n) is 4.87. The number of fused-ring (bicyclic) bond motifs is 1. The second-order valence-corrected chi connectivity index (χ2v) is 8.34. The van der Waals surface area contributed by atoms with E-state index in [1.54, 1.807) is 0 Å². The van der Waals surface area contributed by atoms with Crippen molar-refractivity contribution in [3.05, 3.63) is 92.7 Å². The van der Waals surface area contributed by atoms with Crippen molar-refractivity contribution in [3.63, 3.8) is 0 Å². The summed E-state index contributed by atoms with van der Waals surface area (Å²) >= 11 is 1.52. The van der Waals surface area contributed by atoms with Crippen molar-refractivity contribution in [2.75, 3.05) is 6.54 Å². The summed E-state index contributed by atoms with van der Waals surface area (Å²) in [7, 11) is 0. The highest BCUT2D eigenvalue weighted by molar-refractivity contribution is 7.12. The van der Waals surface area contributed by atoms with Gasteiger partial charge in [-0.05, 0) is 58.5 Å². The van der Waals surface area contributed by atoms with E-state index in [0.717, 1.165) is 23.4 Å². The third-order valence-corrected chi connectivity index (χ3v) is 7.03. The molecule has 0 radical (unpaired) electrons. The van der Waals surface area contributed by atoms with E-state index in [1.165, 1.54) is 33.6 Å². The number of thiophene rings is 1. The molecule has 1 amide bonds. The molecule has 0 aliphatic heterocycles.